The Labute approximate surface area is 152 Å². The van der Waals surface area contributed by atoms with Gasteiger partial charge >= 0.3 is 0 Å². The summed E-state index contributed by atoms with van der Waals surface area (Å²) < 4.78 is 5.24. The highest BCUT2D eigenvalue weighted by molar-refractivity contribution is 5.94. The first-order chi connectivity index (χ1) is 12.3. The predicted octanol–water partition coefficient (Wildman–Crippen LogP) is 5.06. The van der Waals surface area contributed by atoms with Crippen molar-refractivity contribution in [1.29, 1.82) is 0 Å². The van der Waals surface area contributed by atoms with E-state index in [9.17, 15) is 4.79 Å². The Bertz CT molecular complexity index is 504. The van der Waals surface area contributed by atoms with E-state index >= 15 is 0 Å². The van der Waals surface area contributed by atoms with Crippen LogP contribution < -0.4 is 0 Å². The zero-order chi connectivity index (χ0) is 17.3. The van der Waals surface area contributed by atoms with E-state index in [1.807, 2.05) is 35.2 Å². The Hall–Kier alpha value is -1.35. The molecule has 0 bridgehead atoms. The van der Waals surface area contributed by atoms with E-state index < -0.39 is 0 Å². The number of ether oxygens (including phenoxy) is 1. The maximum absolute atomic E-state index is 12.5. The normalized spacial score (nSPS) is 20.6. The van der Waals surface area contributed by atoms with Gasteiger partial charge in [0.2, 0.25) is 0 Å². The molecule has 2 aliphatic rings. The van der Waals surface area contributed by atoms with Gasteiger partial charge in [-0.3, -0.25) is 4.79 Å². The molecule has 2 saturated heterocycles. The minimum absolute atomic E-state index is 0.204. The Morgan fingerprint density at radius 2 is 1.52 bits per heavy atom. The van der Waals surface area contributed by atoms with Crippen molar-refractivity contribution in [1.82, 2.24) is 4.90 Å². The van der Waals surface area contributed by atoms with Gasteiger partial charge in [0.05, 0.1) is 12.7 Å². The summed E-state index contributed by atoms with van der Waals surface area (Å²) in [6.07, 6.45) is 13.8. The van der Waals surface area contributed by atoms with Crippen LogP contribution in [0.15, 0.2) is 30.3 Å². The van der Waals surface area contributed by atoms with Crippen molar-refractivity contribution >= 4 is 5.91 Å². The number of rotatable bonds is 10. The second-order valence-corrected chi connectivity index (χ2v) is 7.76. The van der Waals surface area contributed by atoms with E-state index in [1.165, 1.54) is 64.2 Å². The molecule has 0 spiro atoms. The number of amides is 1. The Morgan fingerprint density at radius 1 is 0.920 bits per heavy atom. The van der Waals surface area contributed by atoms with Crippen molar-refractivity contribution < 1.29 is 9.53 Å². The van der Waals surface area contributed by atoms with Crippen molar-refractivity contribution in [2.75, 3.05) is 19.7 Å². The number of carbonyl (C=O) groups excluding carboxylic acids is 1. The third kappa shape index (κ3) is 6.47. The third-order valence-corrected chi connectivity index (χ3v) is 5.71. The SMILES string of the molecule is O=C(c1ccccc1)N1CCC(CCCCCCCCC2CO2)CC1. The van der Waals surface area contributed by atoms with Crippen LogP contribution in [0.4, 0.5) is 0 Å². The summed E-state index contributed by atoms with van der Waals surface area (Å²) in [5.74, 6) is 1.03. The van der Waals surface area contributed by atoms with Crippen LogP contribution in [0.2, 0.25) is 0 Å². The summed E-state index contributed by atoms with van der Waals surface area (Å²) in [5.41, 5.74) is 0.828. The minimum atomic E-state index is 0.204. The monoisotopic (exact) mass is 343 g/mol. The first kappa shape index (κ1) is 18.4. The minimum Gasteiger partial charge on any atom is -0.373 e. The zero-order valence-electron chi connectivity index (χ0n) is 15.5. The molecule has 3 rings (SSSR count). The number of carbonyl (C=O) groups is 1. The fourth-order valence-electron chi connectivity index (χ4n) is 3.93. The first-order valence-corrected chi connectivity index (χ1v) is 10.3. The van der Waals surface area contributed by atoms with Crippen LogP contribution >= 0.6 is 0 Å². The van der Waals surface area contributed by atoms with Gasteiger partial charge in [-0.2, -0.15) is 0 Å². The largest absolute Gasteiger partial charge is 0.373 e. The van der Waals surface area contributed by atoms with Gasteiger partial charge in [-0.05, 0) is 37.3 Å². The molecule has 2 fully saturated rings. The molecule has 1 atom stereocenters. The lowest BCUT2D eigenvalue weighted by Gasteiger charge is -2.32. The predicted molar refractivity (Wildman–Crippen MR) is 102 cm³/mol. The fraction of sp³-hybridized carbons (Fsp3) is 0.682. The van der Waals surface area contributed by atoms with E-state index in [0.29, 0.717) is 6.10 Å². The Balaban J connectivity index is 1.21. The van der Waals surface area contributed by atoms with Crippen LogP contribution in [-0.2, 0) is 4.74 Å². The number of hydrogen-bond donors (Lipinski definition) is 0. The molecule has 2 aliphatic heterocycles. The highest BCUT2D eigenvalue weighted by Gasteiger charge is 2.23. The van der Waals surface area contributed by atoms with Crippen molar-refractivity contribution in [2.45, 2.75) is 70.3 Å². The number of likely N-dealkylation sites (tertiary alicyclic amines) is 1. The molecule has 0 N–H and O–H groups in total. The molecule has 0 saturated carbocycles. The van der Waals surface area contributed by atoms with E-state index in [4.69, 9.17) is 4.74 Å². The average Bonchev–Trinajstić information content (AvgIpc) is 3.49. The Morgan fingerprint density at radius 3 is 2.16 bits per heavy atom. The second kappa shape index (κ2) is 9.96. The van der Waals surface area contributed by atoms with Gasteiger partial charge in [0.25, 0.3) is 5.91 Å². The van der Waals surface area contributed by atoms with E-state index in [2.05, 4.69) is 0 Å². The highest BCUT2D eigenvalue weighted by Crippen LogP contribution is 2.24. The van der Waals surface area contributed by atoms with Gasteiger partial charge in [0.15, 0.2) is 0 Å². The summed E-state index contributed by atoms with van der Waals surface area (Å²) in [7, 11) is 0. The zero-order valence-corrected chi connectivity index (χ0v) is 15.5. The summed E-state index contributed by atoms with van der Waals surface area (Å²) in [6, 6.07) is 9.70. The van der Waals surface area contributed by atoms with Gasteiger partial charge in [0.1, 0.15) is 0 Å². The van der Waals surface area contributed by atoms with Crippen molar-refractivity contribution in [3.8, 4) is 0 Å². The van der Waals surface area contributed by atoms with Crippen LogP contribution in [0, 0.1) is 5.92 Å². The van der Waals surface area contributed by atoms with E-state index in [0.717, 1.165) is 31.2 Å². The summed E-state index contributed by atoms with van der Waals surface area (Å²) in [6.45, 7) is 2.87. The molecule has 1 amide bonds. The van der Waals surface area contributed by atoms with Gasteiger partial charge in [-0.1, -0.05) is 63.1 Å². The molecular formula is C22H33NO2. The number of epoxide rings is 1. The highest BCUT2D eigenvalue weighted by atomic mass is 16.6. The maximum atomic E-state index is 12.5. The van der Waals surface area contributed by atoms with E-state index in [1.54, 1.807) is 0 Å². The molecule has 1 unspecified atom stereocenters. The quantitative estimate of drug-likeness (QED) is 0.439. The summed E-state index contributed by atoms with van der Waals surface area (Å²) in [4.78, 5) is 14.5. The van der Waals surface area contributed by atoms with Gasteiger partial charge in [-0.25, -0.2) is 0 Å². The third-order valence-electron chi connectivity index (χ3n) is 5.71. The van der Waals surface area contributed by atoms with Gasteiger partial charge in [-0.15, -0.1) is 0 Å². The summed E-state index contributed by atoms with van der Waals surface area (Å²) in [5, 5.41) is 0. The molecule has 0 aliphatic carbocycles. The van der Waals surface area contributed by atoms with Crippen LogP contribution in [0.1, 0.15) is 74.6 Å². The maximum Gasteiger partial charge on any atom is 0.253 e. The molecule has 1 aromatic rings. The van der Waals surface area contributed by atoms with Gasteiger partial charge < -0.3 is 9.64 Å². The number of benzene rings is 1. The van der Waals surface area contributed by atoms with Crippen LogP contribution in [0.25, 0.3) is 0 Å². The standard InChI is InChI=1S/C22H33NO2/c24-22(20-11-7-5-8-12-20)23-16-14-19(15-17-23)10-6-3-1-2-4-9-13-21-18-25-21/h5,7-8,11-12,19,21H,1-4,6,9-10,13-18H2. The second-order valence-electron chi connectivity index (χ2n) is 7.76. The number of nitrogens with zero attached hydrogens (tertiary/aromatic N) is 1. The fourth-order valence-corrected chi connectivity index (χ4v) is 3.93. The van der Waals surface area contributed by atoms with Gasteiger partial charge in [0, 0.05) is 18.7 Å². The molecule has 0 radical (unpaired) electrons. The molecular weight excluding hydrogens is 310 g/mol. The molecule has 25 heavy (non-hydrogen) atoms. The molecule has 1 aromatic carbocycles. The number of hydrogen-bond acceptors (Lipinski definition) is 2. The van der Waals surface area contributed by atoms with Crippen molar-refractivity contribution in [3.63, 3.8) is 0 Å². The van der Waals surface area contributed by atoms with Crippen LogP contribution in [-0.4, -0.2) is 36.6 Å². The Kier molecular flexibility index (Phi) is 7.35. The van der Waals surface area contributed by atoms with Crippen molar-refractivity contribution in [2.24, 2.45) is 5.92 Å². The number of piperidine rings is 1. The molecule has 3 nitrogen and oxygen atoms in total. The molecule has 3 heteroatoms. The lowest BCUT2D eigenvalue weighted by Crippen LogP contribution is -2.38. The smallest absolute Gasteiger partial charge is 0.253 e. The topological polar surface area (TPSA) is 32.8 Å². The molecule has 0 aromatic heterocycles. The molecule has 138 valence electrons. The van der Waals surface area contributed by atoms with Crippen molar-refractivity contribution in [3.05, 3.63) is 35.9 Å². The lowest BCUT2D eigenvalue weighted by atomic mass is 9.90. The first-order valence-electron chi connectivity index (χ1n) is 10.3. The van der Waals surface area contributed by atoms with Crippen LogP contribution in [0.5, 0.6) is 0 Å². The van der Waals surface area contributed by atoms with Crippen LogP contribution in [0.3, 0.4) is 0 Å². The number of unbranched alkanes of at least 4 members (excludes halogenated alkanes) is 5. The lowest BCUT2D eigenvalue weighted by molar-refractivity contribution is 0.0685. The average molecular weight is 344 g/mol. The molecule has 2 heterocycles. The summed E-state index contributed by atoms with van der Waals surface area (Å²) >= 11 is 0. The van der Waals surface area contributed by atoms with E-state index in [-0.39, 0.29) is 5.91 Å².